The van der Waals surface area contributed by atoms with Crippen molar-refractivity contribution in [3.63, 3.8) is 0 Å². The summed E-state index contributed by atoms with van der Waals surface area (Å²) < 4.78 is 2.25. The van der Waals surface area contributed by atoms with Gasteiger partial charge in [0.2, 0.25) is 5.91 Å². The number of aryl methyl sites for hydroxylation is 1. The fourth-order valence-electron chi connectivity index (χ4n) is 3.84. The van der Waals surface area contributed by atoms with Crippen molar-refractivity contribution in [2.75, 3.05) is 13.6 Å². The number of amides is 1. The zero-order chi connectivity index (χ0) is 21.6. The van der Waals surface area contributed by atoms with Crippen LogP contribution in [0.3, 0.4) is 0 Å². The van der Waals surface area contributed by atoms with Crippen LogP contribution in [0.4, 0.5) is 0 Å². The molecule has 31 heavy (non-hydrogen) atoms. The van der Waals surface area contributed by atoms with Gasteiger partial charge >= 0.3 is 0 Å². The van der Waals surface area contributed by atoms with E-state index in [-0.39, 0.29) is 5.91 Å². The van der Waals surface area contributed by atoms with Crippen molar-refractivity contribution < 1.29 is 4.79 Å². The second kappa shape index (κ2) is 9.60. The molecular weight excluding hydrogens is 386 g/mol. The maximum atomic E-state index is 12.5. The monoisotopic (exact) mass is 415 g/mol. The summed E-state index contributed by atoms with van der Waals surface area (Å²) in [5.74, 6) is 0.659. The van der Waals surface area contributed by atoms with Crippen LogP contribution in [0.2, 0.25) is 0 Å². The van der Waals surface area contributed by atoms with Crippen molar-refractivity contribution in [1.82, 2.24) is 24.6 Å². The summed E-state index contributed by atoms with van der Waals surface area (Å²) in [6, 6.07) is 16.4. The van der Waals surface area contributed by atoms with Gasteiger partial charge in [0.05, 0.1) is 22.9 Å². The molecule has 1 unspecified atom stereocenters. The Kier molecular flexibility index (Phi) is 6.46. The van der Waals surface area contributed by atoms with E-state index in [0.717, 1.165) is 48.2 Å². The normalized spacial score (nSPS) is 12.2. The van der Waals surface area contributed by atoms with E-state index in [9.17, 15) is 4.79 Å². The first-order valence-corrected chi connectivity index (χ1v) is 10.8. The average Bonchev–Trinajstić information content (AvgIpc) is 3.47. The maximum absolute atomic E-state index is 12.5. The van der Waals surface area contributed by atoms with E-state index >= 15 is 0 Å². The molecule has 160 valence electrons. The molecule has 6 heteroatoms. The Morgan fingerprint density at radius 1 is 1.16 bits per heavy atom. The highest BCUT2D eigenvalue weighted by Gasteiger charge is 2.13. The SMILES string of the molecule is CC(CCN(C)C(=O)CCc1ccccc1)Cn1ccc2nc(-c3cn[nH]c3)ccc21. The van der Waals surface area contributed by atoms with Gasteiger partial charge in [-0.2, -0.15) is 5.10 Å². The first kappa shape index (κ1) is 20.8. The van der Waals surface area contributed by atoms with Crippen LogP contribution in [0, 0.1) is 5.92 Å². The summed E-state index contributed by atoms with van der Waals surface area (Å²) in [6.45, 7) is 3.92. The van der Waals surface area contributed by atoms with Crippen LogP contribution < -0.4 is 0 Å². The minimum atomic E-state index is 0.207. The van der Waals surface area contributed by atoms with Gasteiger partial charge < -0.3 is 9.47 Å². The minimum absolute atomic E-state index is 0.207. The van der Waals surface area contributed by atoms with E-state index in [1.807, 2.05) is 42.4 Å². The third-order valence-corrected chi connectivity index (χ3v) is 5.78. The summed E-state index contributed by atoms with van der Waals surface area (Å²) in [6.07, 6.45) is 8.05. The molecule has 1 aromatic carbocycles. The lowest BCUT2D eigenvalue weighted by molar-refractivity contribution is -0.130. The number of hydrogen-bond donors (Lipinski definition) is 1. The van der Waals surface area contributed by atoms with Gasteiger partial charge in [-0.3, -0.25) is 9.89 Å². The van der Waals surface area contributed by atoms with Crippen molar-refractivity contribution >= 4 is 16.9 Å². The van der Waals surface area contributed by atoms with Crippen LogP contribution in [-0.4, -0.2) is 44.1 Å². The van der Waals surface area contributed by atoms with Gasteiger partial charge in [0, 0.05) is 44.5 Å². The molecule has 0 aliphatic carbocycles. The highest BCUT2D eigenvalue weighted by molar-refractivity contribution is 5.79. The largest absolute Gasteiger partial charge is 0.346 e. The topological polar surface area (TPSA) is 66.8 Å². The van der Waals surface area contributed by atoms with Crippen LogP contribution in [-0.2, 0) is 17.8 Å². The predicted molar refractivity (Wildman–Crippen MR) is 123 cm³/mol. The van der Waals surface area contributed by atoms with E-state index in [1.165, 1.54) is 5.56 Å². The molecule has 0 bridgehead atoms. The first-order chi connectivity index (χ1) is 15.1. The van der Waals surface area contributed by atoms with Gasteiger partial charge in [-0.15, -0.1) is 0 Å². The fourth-order valence-corrected chi connectivity index (χ4v) is 3.84. The summed E-state index contributed by atoms with van der Waals surface area (Å²) in [5.41, 5.74) is 5.23. The van der Waals surface area contributed by atoms with Gasteiger partial charge in [-0.1, -0.05) is 37.3 Å². The van der Waals surface area contributed by atoms with E-state index < -0.39 is 0 Å². The zero-order valence-electron chi connectivity index (χ0n) is 18.2. The number of rotatable bonds is 9. The van der Waals surface area contributed by atoms with Gasteiger partial charge in [-0.05, 0) is 42.5 Å². The lowest BCUT2D eigenvalue weighted by atomic mass is 10.1. The Balaban J connectivity index is 1.28. The molecule has 1 atom stereocenters. The van der Waals surface area contributed by atoms with Gasteiger partial charge in [0.15, 0.2) is 0 Å². The van der Waals surface area contributed by atoms with E-state index in [0.29, 0.717) is 12.3 Å². The Morgan fingerprint density at radius 3 is 2.77 bits per heavy atom. The molecule has 6 nitrogen and oxygen atoms in total. The van der Waals surface area contributed by atoms with Crippen molar-refractivity contribution in [2.45, 2.75) is 32.7 Å². The number of fused-ring (bicyclic) bond motifs is 1. The Morgan fingerprint density at radius 2 is 2.00 bits per heavy atom. The molecule has 3 aromatic heterocycles. The number of nitrogens with one attached hydrogen (secondary N) is 1. The highest BCUT2D eigenvalue weighted by atomic mass is 16.2. The lowest BCUT2D eigenvalue weighted by Gasteiger charge is -2.20. The number of H-pyrrole nitrogens is 1. The molecule has 0 saturated carbocycles. The smallest absolute Gasteiger partial charge is 0.222 e. The van der Waals surface area contributed by atoms with E-state index in [1.54, 1.807) is 6.20 Å². The number of aromatic amines is 1. The molecule has 4 aromatic rings. The molecule has 1 amide bonds. The summed E-state index contributed by atoms with van der Waals surface area (Å²) in [5, 5.41) is 6.83. The number of aromatic nitrogens is 4. The quantitative estimate of drug-likeness (QED) is 0.436. The van der Waals surface area contributed by atoms with Crippen molar-refractivity contribution in [1.29, 1.82) is 0 Å². The van der Waals surface area contributed by atoms with Gasteiger partial charge in [0.1, 0.15) is 0 Å². The van der Waals surface area contributed by atoms with Gasteiger partial charge in [-0.25, -0.2) is 4.98 Å². The van der Waals surface area contributed by atoms with Gasteiger partial charge in [0.25, 0.3) is 0 Å². The van der Waals surface area contributed by atoms with Crippen LogP contribution in [0.5, 0.6) is 0 Å². The van der Waals surface area contributed by atoms with Crippen LogP contribution in [0.25, 0.3) is 22.3 Å². The number of pyridine rings is 1. The van der Waals surface area contributed by atoms with Crippen molar-refractivity contribution in [3.05, 3.63) is 72.7 Å². The molecule has 4 rings (SSSR count). The van der Waals surface area contributed by atoms with E-state index in [2.05, 4.69) is 52.2 Å². The van der Waals surface area contributed by atoms with Crippen LogP contribution in [0.1, 0.15) is 25.3 Å². The van der Waals surface area contributed by atoms with Crippen molar-refractivity contribution in [3.8, 4) is 11.3 Å². The summed E-state index contributed by atoms with van der Waals surface area (Å²) >= 11 is 0. The molecule has 0 aliphatic heterocycles. The Labute approximate surface area is 182 Å². The number of carbonyl (C=O) groups is 1. The van der Waals surface area contributed by atoms with E-state index in [4.69, 9.17) is 4.98 Å². The van der Waals surface area contributed by atoms with Crippen LogP contribution in [0.15, 0.2) is 67.1 Å². The molecule has 1 N–H and O–H groups in total. The molecule has 0 aliphatic rings. The average molecular weight is 416 g/mol. The number of hydrogen-bond acceptors (Lipinski definition) is 3. The number of nitrogens with zero attached hydrogens (tertiary/aromatic N) is 4. The molecule has 0 spiro atoms. The number of benzene rings is 1. The standard InChI is InChI=1S/C25H29N5O/c1-19(12-14-29(2)25(31)11-8-20-6-4-3-5-7-20)18-30-15-13-23-24(30)10-9-22(28-23)21-16-26-27-17-21/h3-7,9-10,13,15-17,19H,8,11-12,14,18H2,1-2H3,(H,26,27). The highest BCUT2D eigenvalue weighted by Crippen LogP contribution is 2.22. The molecule has 0 radical (unpaired) electrons. The van der Waals surface area contributed by atoms with Crippen molar-refractivity contribution in [2.24, 2.45) is 5.92 Å². The third kappa shape index (κ3) is 5.20. The molecule has 3 heterocycles. The first-order valence-electron chi connectivity index (χ1n) is 10.8. The predicted octanol–water partition coefficient (Wildman–Crippen LogP) is 4.54. The Hall–Kier alpha value is -3.41. The lowest BCUT2D eigenvalue weighted by Crippen LogP contribution is -2.29. The summed E-state index contributed by atoms with van der Waals surface area (Å²) in [7, 11) is 1.91. The fraction of sp³-hybridized carbons (Fsp3) is 0.320. The van der Waals surface area contributed by atoms with Crippen LogP contribution >= 0.6 is 0 Å². The Bertz CT molecular complexity index is 1120. The molecular formula is C25H29N5O. The molecule has 0 fully saturated rings. The number of carbonyl (C=O) groups excluding carboxylic acids is 1. The summed E-state index contributed by atoms with van der Waals surface area (Å²) in [4.78, 5) is 19.1. The molecule has 0 saturated heterocycles. The second-order valence-corrected chi connectivity index (χ2v) is 8.25. The second-order valence-electron chi connectivity index (χ2n) is 8.25. The maximum Gasteiger partial charge on any atom is 0.222 e. The zero-order valence-corrected chi connectivity index (χ0v) is 18.2. The third-order valence-electron chi connectivity index (χ3n) is 5.78. The minimum Gasteiger partial charge on any atom is -0.346 e.